The predicted octanol–water partition coefficient (Wildman–Crippen LogP) is 4.05. The minimum absolute atomic E-state index is 0.500. The van der Waals surface area contributed by atoms with E-state index in [4.69, 9.17) is 5.26 Å². The number of benzene rings is 1. The van der Waals surface area contributed by atoms with Crippen LogP contribution in [-0.4, -0.2) is 14.1 Å². The van der Waals surface area contributed by atoms with E-state index in [-0.39, 0.29) is 0 Å². The number of halogens is 3. The van der Waals surface area contributed by atoms with Crippen LogP contribution in [0.5, 0.6) is 0 Å². The smallest absolute Gasteiger partial charge is 0.229 e. The van der Waals surface area contributed by atoms with Crippen LogP contribution < -0.4 is 0 Å². The maximum atomic E-state index is 9.62. The molecule has 4 heteroatoms. The molecule has 1 rings (SSSR count). The molecule has 0 unspecified atom stereocenters. The average Bonchev–Trinajstić information content (AvgIpc) is 2.36. The van der Waals surface area contributed by atoms with Crippen molar-refractivity contribution in [2.45, 2.75) is 13.8 Å². The summed E-state index contributed by atoms with van der Waals surface area (Å²) in [6, 6.07) is 11.2. The van der Waals surface area contributed by atoms with Crippen LogP contribution >= 0.6 is 0 Å². The summed E-state index contributed by atoms with van der Waals surface area (Å²) in [5.74, 6) is 0. The molecule has 0 radical (unpaired) electrons. The van der Waals surface area contributed by atoms with E-state index in [9.17, 15) is 13.2 Å². The highest BCUT2D eigenvalue weighted by Crippen LogP contribution is 1.93. The van der Waals surface area contributed by atoms with Gasteiger partial charge in [0.25, 0.3) is 0 Å². The first-order valence-electron chi connectivity index (χ1n) is 4.30. The molecule has 0 atom stereocenters. The maximum absolute atomic E-state index is 9.62. The molecular weight excluding hydrogens is 203 g/mol. The Morgan fingerprint density at radius 1 is 1.07 bits per heavy atom. The summed E-state index contributed by atoms with van der Waals surface area (Å²) < 4.78 is 28.8. The van der Waals surface area contributed by atoms with Gasteiger partial charge in [0.05, 0.1) is 18.8 Å². The van der Waals surface area contributed by atoms with E-state index in [0.717, 1.165) is 0 Å². The van der Waals surface area contributed by atoms with E-state index < -0.39 is 6.93 Å². The van der Waals surface area contributed by atoms with Gasteiger partial charge in [-0.25, -0.2) is 8.78 Å². The van der Waals surface area contributed by atoms with Gasteiger partial charge in [0, 0.05) is 0 Å². The van der Waals surface area contributed by atoms with Crippen LogP contribution in [0.25, 0.3) is 0 Å². The highest BCUT2D eigenvalue weighted by molar-refractivity contribution is 5.27. The zero-order valence-electron chi connectivity index (χ0n) is 9.17. The van der Waals surface area contributed by atoms with Crippen molar-refractivity contribution in [1.82, 2.24) is 0 Å². The molecule has 0 amide bonds. The molecule has 1 aromatic carbocycles. The van der Waals surface area contributed by atoms with E-state index in [2.05, 4.69) is 0 Å². The molecule has 0 aliphatic heterocycles. The number of hydrogen-bond acceptors (Lipinski definition) is 1. The van der Waals surface area contributed by atoms with Crippen molar-refractivity contribution in [1.29, 1.82) is 5.26 Å². The summed E-state index contributed by atoms with van der Waals surface area (Å²) in [5, 5.41) is 8.29. The van der Waals surface area contributed by atoms with Crippen molar-refractivity contribution in [3.8, 4) is 6.07 Å². The van der Waals surface area contributed by atoms with Gasteiger partial charge in [0.2, 0.25) is 6.93 Å². The summed E-state index contributed by atoms with van der Waals surface area (Å²) in [5.41, 5.74) is 0.715. The molecule has 1 aromatic rings. The maximum Gasteiger partial charge on any atom is 0.229 e. The Bertz CT molecular complexity index is 219. The fraction of sp³-hybridized carbons (Fsp3) is 0.364. The van der Waals surface area contributed by atoms with E-state index in [0.29, 0.717) is 12.7 Å². The lowest BCUT2D eigenvalue weighted by Crippen LogP contribution is -1.66. The molecule has 0 aromatic heterocycles. The first-order valence-corrected chi connectivity index (χ1v) is 4.30. The summed E-state index contributed by atoms with van der Waals surface area (Å²) >= 11 is 0. The van der Waals surface area contributed by atoms with Crippen LogP contribution in [0.1, 0.15) is 19.4 Å². The Balaban J connectivity index is -0.000000176. The van der Waals surface area contributed by atoms with Gasteiger partial charge < -0.3 is 0 Å². The van der Waals surface area contributed by atoms with Crippen LogP contribution in [0.2, 0.25) is 0 Å². The summed E-state index contributed by atoms with van der Waals surface area (Å²) in [6.07, 6.45) is 0. The highest BCUT2D eigenvalue weighted by atomic mass is 19.3. The fourth-order valence-electron chi connectivity index (χ4n) is 0.513. The van der Waals surface area contributed by atoms with E-state index in [1.807, 2.05) is 38.1 Å². The number of hydrogen-bond donors (Lipinski definition) is 0. The molecule has 0 aliphatic rings. The van der Waals surface area contributed by atoms with Gasteiger partial charge >= 0.3 is 0 Å². The molecular formula is C11H16F3N. The van der Waals surface area contributed by atoms with Gasteiger partial charge in [-0.1, -0.05) is 32.0 Å². The van der Waals surface area contributed by atoms with E-state index in [1.54, 1.807) is 12.1 Å². The number of nitrogens with zero attached hydrogens (tertiary/aromatic N) is 1. The van der Waals surface area contributed by atoms with Crippen LogP contribution in [0.15, 0.2) is 30.3 Å². The zero-order valence-corrected chi connectivity index (χ0v) is 9.17. The second-order valence-corrected chi connectivity index (χ2v) is 1.58. The van der Waals surface area contributed by atoms with Crippen LogP contribution in [0, 0.1) is 11.3 Å². The summed E-state index contributed by atoms with van der Waals surface area (Å²) in [6.45, 7) is 2.25. The second-order valence-electron chi connectivity index (χ2n) is 1.58. The summed E-state index contributed by atoms with van der Waals surface area (Å²) in [7, 11) is 0.500. The highest BCUT2D eigenvalue weighted by Gasteiger charge is 1.79. The Hall–Kier alpha value is -1.50. The Morgan fingerprint density at radius 2 is 1.40 bits per heavy atom. The average molecular weight is 219 g/mol. The first kappa shape index (κ1) is 19.1. The van der Waals surface area contributed by atoms with Crippen molar-refractivity contribution < 1.29 is 13.2 Å². The Kier molecular flexibility index (Phi) is 29.2. The van der Waals surface area contributed by atoms with Crippen molar-refractivity contribution in [3.63, 3.8) is 0 Å². The third kappa shape index (κ3) is 19.1. The first-order chi connectivity index (χ1) is 7.35. The normalized spacial score (nSPS) is 6.20. The third-order valence-corrected chi connectivity index (χ3v) is 0.903. The van der Waals surface area contributed by atoms with E-state index in [1.165, 1.54) is 0 Å². The molecule has 86 valence electrons. The standard InChI is InChI=1S/C7H5N.C2H6.CH2F2.CH3F/c8-6-7-4-2-1-3-5-7;1-2;2-1-3;1-2/h1-5H;1-2H3;1H2;1H3. The summed E-state index contributed by atoms with van der Waals surface area (Å²) in [4.78, 5) is 0. The van der Waals surface area contributed by atoms with Gasteiger partial charge in [0.15, 0.2) is 0 Å². The van der Waals surface area contributed by atoms with E-state index >= 15 is 0 Å². The second kappa shape index (κ2) is 22.9. The Morgan fingerprint density at radius 3 is 1.60 bits per heavy atom. The molecule has 0 heterocycles. The number of rotatable bonds is 0. The molecule has 0 aliphatic carbocycles. The van der Waals surface area contributed by atoms with Crippen LogP contribution in [0.3, 0.4) is 0 Å². The third-order valence-electron chi connectivity index (χ3n) is 0.903. The molecule has 0 N–H and O–H groups in total. The lowest BCUT2D eigenvalue weighted by atomic mass is 10.2. The van der Waals surface area contributed by atoms with Crippen LogP contribution in [0.4, 0.5) is 13.2 Å². The lowest BCUT2D eigenvalue weighted by molar-refractivity contribution is 0.295. The van der Waals surface area contributed by atoms with Gasteiger partial charge in [-0.15, -0.1) is 0 Å². The molecule has 0 saturated heterocycles. The predicted molar refractivity (Wildman–Crippen MR) is 56.6 cm³/mol. The number of nitriles is 1. The van der Waals surface area contributed by atoms with Crippen molar-refractivity contribution in [2.24, 2.45) is 0 Å². The monoisotopic (exact) mass is 219 g/mol. The van der Waals surface area contributed by atoms with Gasteiger partial charge in [-0.2, -0.15) is 5.26 Å². The van der Waals surface area contributed by atoms with Gasteiger partial charge in [0.1, 0.15) is 0 Å². The van der Waals surface area contributed by atoms with Crippen molar-refractivity contribution >= 4 is 0 Å². The topological polar surface area (TPSA) is 23.8 Å². The SMILES string of the molecule is CC.CF.FCF.N#Cc1ccccc1. The molecule has 0 fully saturated rings. The minimum Gasteiger partial charge on any atom is -0.255 e. The lowest BCUT2D eigenvalue weighted by Gasteiger charge is -1.80. The molecule has 0 saturated carbocycles. The van der Waals surface area contributed by atoms with Crippen molar-refractivity contribution in [2.75, 3.05) is 14.1 Å². The van der Waals surface area contributed by atoms with Gasteiger partial charge in [-0.3, -0.25) is 4.39 Å². The molecule has 15 heavy (non-hydrogen) atoms. The molecule has 1 nitrogen and oxygen atoms in total. The quantitative estimate of drug-likeness (QED) is 0.645. The molecule has 0 spiro atoms. The van der Waals surface area contributed by atoms with Gasteiger partial charge in [-0.05, 0) is 12.1 Å². The zero-order chi connectivity index (χ0) is 12.5. The largest absolute Gasteiger partial charge is 0.255 e. The number of alkyl halides is 3. The minimum atomic E-state index is -1.75. The fourth-order valence-corrected chi connectivity index (χ4v) is 0.513. The Labute approximate surface area is 89.2 Å². The van der Waals surface area contributed by atoms with Crippen molar-refractivity contribution in [3.05, 3.63) is 35.9 Å². The molecule has 0 bridgehead atoms. The van der Waals surface area contributed by atoms with Crippen LogP contribution in [-0.2, 0) is 0 Å².